The second-order valence-electron chi connectivity index (χ2n) is 9.54. The van der Waals surface area contributed by atoms with Crippen LogP contribution in [-0.4, -0.2) is 80.1 Å². The van der Waals surface area contributed by atoms with E-state index in [1.807, 2.05) is 0 Å². The van der Waals surface area contributed by atoms with Gasteiger partial charge in [0.25, 0.3) is 0 Å². The monoisotopic (exact) mass is 539 g/mol. The molecule has 1 aliphatic heterocycles. The van der Waals surface area contributed by atoms with Gasteiger partial charge < -0.3 is 19.9 Å². The van der Waals surface area contributed by atoms with Crippen LogP contribution in [0.5, 0.6) is 0 Å². The average molecular weight is 540 g/mol. The van der Waals surface area contributed by atoms with E-state index >= 15 is 0 Å². The van der Waals surface area contributed by atoms with E-state index in [1.54, 1.807) is 36.8 Å². The van der Waals surface area contributed by atoms with E-state index < -0.39 is 29.9 Å². The van der Waals surface area contributed by atoms with Crippen LogP contribution >= 0.6 is 0 Å². The molecule has 4 rings (SSSR count). The summed E-state index contributed by atoms with van der Waals surface area (Å²) in [4.78, 5) is 40.7. The lowest BCUT2D eigenvalue weighted by molar-refractivity contribution is -0.141. The molecule has 14 heteroatoms. The van der Waals surface area contributed by atoms with Crippen molar-refractivity contribution >= 4 is 23.6 Å². The first-order valence-corrected chi connectivity index (χ1v) is 12.7. The number of carbonyl (C=O) groups is 3. The maximum absolute atomic E-state index is 13.1. The molecule has 38 heavy (non-hydrogen) atoms. The molecule has 1 unspecified atom stereocenters. The van der Waals surface area contributed by atoms with Crippen molar-refractivity contribution in [2.75, 3.05) is 38.1 Å². The summed E-state index contributed by atoms with van der Waals surface area (Å²) in [7, 11) is 0. The highest BCUT2D eigenvalue weighted by atomic mass is 19.4. The number of aryl methyl sites for hydroxylation is 2. The lowest BCUT2D eigenvalue weighted by Crippen LogP contribution is -2.52. The molecule has 3 heterocycles. The van der Waals surface area contributed by atoms with Gasteiger partial charge in [0.2, 0.25) is 11.8 Å². The molecule has 1 saturated heterocycles. The third kappa shape index (κ3) is 6.27. The first-order chi connectivity index (χ1) is 18.0. The lowest BCUT2D eigenvalue weighted by Gasteiger charge is -2.35. The smallest absolute Gasteiger partial charge is 0.435 e. The van der Waals surface area contributed by atoms with Crippen molar-refractivity contribution in [1.82, 2.24) is 29.4 Å². The van der Waals surface area contributed by atoms with Crippen molar-refractivity contribution in [2.24, 2.45) is 0 Å². The van der Waals surface area contributed by atoms with Crippen LogP contribution in [0.15, 0.2) is 12.3 Å². The zero-order valence-corrected chi connectivity index (χ0v) is 21.6. The summed E-state index contributed by atoms with van der Waals surface area (Å²) >= 11 is 0. The highest BCUT2D eigenvalue weighted by Gasteiger charge is 2.38. The van der Waals surface area contributed by atoms with E-state index in [4.69, 9.17) is 4.74 Å². The molecular formula is C24H32F3N7O4. The first kappa shape index (κ1) is 27.5. The summed E-state index contributed by atoms with van der Waals surface area (Å²) in [5, 5.41) is 10.8. The number of nitrogens with zero attached hydrogens (tertiary/aromatic N) is 6. The number of ether oxygens (including phenoxy) is 1. The molecule has 0 bridgehead atoms. The van der Waals surface area contributed by atoms with Crippen LogP contribution in [0, 0.1) is 6.92 Å². The van der Waals surface area contributed by atoms with E-state index in [0.717, 1.165) is 18.9 Å². The summed E-state index contributed by atoms with van der Waals surface area (Å²) in [5.41, 5.74) is 0.477. The second-order valence-corrected chi connectivity index (χ2v) is 9.54. The van der Waals surface area contributed by atoms with Crippen LogP contribution in [0.25, 0.3) is 0 Å². The molecule has 0 aromatic carbocycles. The van der Waals surface area contributed by atoms with Gasteiger partial charge in [0.15, 0.2) is 5.69 Å². The van der Waals surface area contributed by atoms with Crippen molar-refractivity contribution in [3.63, 3.8) is 0 Å². The van der Waals surface area contributed by atoms with Gasteiger partial charge in [0.05, 0.1) is 18.0 Å². The summed E-state index contributed by atoms with van der Waals surface area (Å²) in [6.07, 6.45) is -1.81. The number of rotatable bonds is 8. The number of carbonyl (C=O) groups excluding carboxylic acids is 3. The van der Waals surface area contributed by atoms with Gasteiger partial charge in [-0.2, -0.15) is 23.4 Å². The highest BCUT2D eigenvalue weighted by molar-refractivity contribution is 5.91. The molecule has 2 aromatic rings. The Morgan fingerprint density at radius 3 is 2.39 bits per heavy atom. The quantitative estimate of drug-likeness (QED) is 0.551. The second kappa shape index (κ2) is 11.0. The molecular weight excluding hydrogens is 507 g/mol. The number of hydrogen-bond donors (Lipinski definition) is 1. The minimum Gasteiger partial charge on any atom is -0.450 e. The standard InChI is InChI=1S/C24H32F3N7O4/c1-4-38-23(37)32-11-9-31(10-12-32)22(36)16(3)34-14-18(15(2)29-34)28-21(35)7-8-33-19(17-5-6-17)13-20(30-33)24(25,26)27/h13-14,16-17H,4-12H2,1-3H3,(H,28,35). The number of alkyl halides is 3. The van der Waals surface area contributed by atoms with Crippen LogP contribution in [0.3, 0.4) is 0 Å². The van der Waals surface area contributed by atoms with Gasteiger partial charge in [-0.15, -0.1) is 0 Å². The normalized spacial score (nSPS) is 16.9. The van der Waals surface area contributed by atoms with Crippen molar-refractivity contribution in [3.05, 3.63) is 29.3 Å². The van der Waals surface area contributed by atoms with Crippen molar-refractivity contribution < 1.29 is 32.3 Å². The molecule has 1 aliphatic carbocycles. The van der Waals surface area contributed by atoms with Gasteiger partial charge in [0, 0.05) is 57.0 Å². The number of nitrogens with one attached hydrogen (secondary N) is 1. The molecule has 2 aliphatic rings. The van der Waals surface area contributed by atoms with Crippen molar-refractivity contribution in [2.45, 2.75) is 64.7 Å². The Labute approximate surface area is 217 Å². The number of hydrogen-bond acceptors (Lipinski definition) is 6. The van der Waals surface area contributed by atoms with E-state index in [1.165, 1.54) is 9.36 Å². The van der Waals surface area contributed by atoms with Gasteiger partial charge in [-0.1, -0.05) is 0 Å². The summed E-state index contributed by atoms with van der Waals surface area (Å²) in [6, 6.07) is 0.429. The fraction of sp³-hybridized carbons (Fsp3) is 0.625. The number of piperazine rings is 1. The maximum Gasteiger partial charge on any atom is 0.435 e. The Balaban J connectivity index is 1.32. The summed E-state index contributed by atoms with van der Waals surface area (Å²) < 4.78 is 47.1. The van der Waals surface area contributed by atoms with Gasteiger partial charge in [-0.3, -0.25) is 19.0 Å². The fourth-order valence-corrected chi connectivity index (χ4v) is 4.38. The van der Waals surface area contributed by atoms with Gasteiger partial charge >= 0.3 is 12.3 Å². The Bertz CT molecular complexity index is 1180. The number of amides is 3. The predicted molar refractivity (Wildman–Crippen MR) is 129 cm³/mol. The van der Waals surface area contributed by atoms with Crippen LogP contribution in [-0.2, 0) is 27.0 Å². The Kier molecular flexibility index (Phi) is 7.97. The lowest BCUT2D eigenvalue weighted by atomic mass is 10.2. The van der Waals surface area contributed by atoms with Gasteiger partial charge in [-0.25, -0.2) is 4.79 Å². The van der Waals surface area contributed by atoms with Gasteiger partial charge in [0.1, 0.15) is 6.04 Å². The zero-order valence-electron chi connectivity index (χ0n) is 21.6. The van der Waals surface area contributed by atoms with Crippen LogP contribution in [0.2, 0.25) is 0 Å². The molecule has 0 spiro atoms. The highest BCUT2D eigenvalue weighted by Crippen LogP contribution is 2.42. The van der Waals surface area contributed by atoms with Crippen molar-refractivity contribution in [1.29, 1.82) is 0 Å². The summed E-state index contributed by atoms with van der Waals surface area (Å²) in [6.45, 7) is 6.93. The number of anilines is 1. The minimum absolute atomic E-state index is 0.0214. The molecule has 0 radical (unpaired) electrons. The maximum atomic E-state index is 13.1. The van der Waals surface area contributed by atoms with Gasteiger partial charge in [-0.05, 0) is 39.7 Å². The SMILES string of the molecule is CCOC(=O)N1CCN(C(=O)C(C)n2cc(NC(=O)CCn3nc(C(F)(F)F)cc3C3CC3)c(C)n2)CC1. The number of halogens is 3. The average Bonchev–Trinajstić information content (AvgIpc) is 3.52. The largest absolute Gasteiger partial charge is 0.450 e. The molecule has 2 aromatic heterocycles. The minimum atomic E-state index is -4.54. The molecule has 1 atom stereocenters. The van der Waals surface area contributed by atoms with Crippen LogP contribution in [0.4, 0.5) is 23.7 Å². The van der Waals surface area contributed by atoms with Crippen LogP contribution in [0.1, 0.15) is 62.2 Å². The molecule has 3 amide bonds. The van der Waals surface area contributed by atoms with E-state index in [-0.39, 0.29) is 31.4 Å². The Morgan fingerprint density at radius 2 is 1.79 bits per heavy atom. The fourth-order valence-electron chi connectivity index (χ4n) is 4.38. The van der Waals surface area contributed by atoms with E-state index in [0.29, 0.717) is 43.3 Å². The zero-order chi connectivity index (χ0) is 27.6. The third-order valence-corrected chi connectivity index (χ3v) is 6.71. The first-order valence-electron chi connectivity index (χ1n) is 12.7. The molecule has 11 nitrogen and oxygen atoms in total. The Hall–Kier alpha value is -3.58. The van der Waals surface area contributed by atoms with Crippen molar-refractivity contribution in [3.8, 4) is 0 Å². The van der Waals surface area contributed by atoms with E-state index in [2.05, 4.69) is 15.5 Å². The topological polar surface area (TPSA) is 115 Å². The number of aromatic nitrogens is 4. The predicted octanol–water partition coefficient (Wildman–Crippen LogP) is 3.17. The summed E-state index contributed by atoms with van der Waals surface area (Å²) in [5.74, 6) is -0.512. The third-order valence-electron chi connectivity index (χ3n) is 6.71. The molecule has 2 fully saturated rings. The van der Waals surface area contributed by atoms with Crippen LogP contribution < -0.4 is 5.32 Å². The molecule has 1 saturated carbocycles. The Morgan fingerprint density at radius 1 is 1.13 bits per heavy atom. The van der Waals surface area contributed by atoms with E-state index in [9.17, 15) is 27.6 Å². The molecule has 208 valence electrons. The molecule has 1 N–H and O–H groups in total.